The highest BCUT2D eigenvalue weighted by Crippen LogP contribution is 2.26. The van der Waals surface area contributed by atoms with Crippen LogP contribution in [0.15, 0.2) is 84.3 Å². The van der Waals surface area contributed by atoms with Gasteiger partial charge in [-0.05, 0) is 48.4 Å². The monoisotopic (exact) mass is 441 g/mol. The lowest BCUT2D eigenvalue weighted by Crippen LogP contribution is -2.21. The summed E-state index contributed by atoms with van der Waals surface area (Å²) in [7, 11) is 1.85. The minimum atomic E-state index is -0.291. The van der Waals surface area contributed by atoms with Gasteiger partial charge in [-0.2, -0.15) is 5.10 Å². The molecule has 0 radical (unpaired) electrons. The van der Waals surface area contributed by atoms with Crippen molar-refractivity contribution in [1.82, 2.24) is 24.3 Å². The molecule has 0 fully saturated rings. The molecule has 0 saturated carbocycles. The summed E-state index contributed by atoms with van der Waals surface area (Å²) in [4.78, 5) is 21.8. The number of rotatable bonds is 6. The van der Waals surface area contributed by atoms with E-state index in [1.54, 1.807) is 47.4 Å². The maximum absolute atomic E-state index is 13.4. The van der Waals surface area contributed by atoms with E-state index < -0.39 is 0 Å². The second kappa shape index (κ2) is 8.66. The van der Waals surface area contributed by atoms with Crippen molar-refractivity contribution in [2.75, 3.05) is 0 Å². The lowest BCUT2D eigenvalue weighted by atomic mass is 10.1. The van der Waals surface area contributed by atoms with E-state index in [9.17, 15) is 9.18 Å². The van der Waals surface area contributed by atoms with Crippen molar-refractivity contribution in [2.24, 2.45) is 7.05 Å². The summed E-state index contributed by atoms with van der Waals surface area (Å²) in [5, 5.41) is 4.63. The number of fused-ring (bicyclic) bond motifs is 1. The number of pyridine rings is 1. The normalized spacial score (nSPS) is 11.1. The highest BCUT2D eigenvalue weighted by molar-refractivity contribution is 5.79. The van der Waals surface area contributed by atoms with E-state index in [0.717, 1.165) is 16.8 Å². The van der Waals surface area contributed by atoms with E-state index >= 15 is 0 Å². The molecule has 164 valence electrons. The van der Waals surface area contributed by atoms with Gasteiger partial charge in [-0.1, -0.05) is 12.1 Å². The van der Waals surface area contributed by atoms with Gasteiger partial charge in [-0.25, -0.2) is 9.37 Å². The zero-order chi connectivity index (χ0) is 22.8. The molecule has 0 spiro atoms. The lowest BCUT2D eigenvalue weighted by Gasteiger charge is -2.09. The second-order valence-electron chi connectivity index (χ2n) is 7.68. The Morgan fingerprint density at radius 2 is 1.91 bits per heavy atom. The maximum atomic E-state index is 13.4. The number of hydrogen-bond donors (Lipinski definition) is 0. The van der Waals surface area contributed by atoms with Gasteiger partial charge in [0.25, 0.3) is 5.56 Å². The maximum Gasteiger partial charge on any atom is 0.261 e. The molecule has 0 aliphatic heterocycles. The zero-order valence-corrected chi connectivity index (χ0v) is 17.9. The number of nitrogens with zero attached hydrogens (tertiary/aromatic N) is 5. The predicted molar refractivity (Wildman–Crippen MR) is 123 cm³/mol. The standard InChI is InChI=1S/C25H20FN5O2/c1-30-15-18(14-29-30)24-13-21(7-9-27-24)33-20-5-6-23-22(12-20)25(32)31(16-28-23)10-8-17-3-2-4-19(26)11-17/h2-7,9,11-16H,8,10H2,1H3. The van der Waals surface area contributed by atoms with Crippen LogP contribution in [0.4, 0.5) is 4.39 Å². The first-order valence-corrected chi connectivity index (χ1v) is 10.4. The Kier molecular flexibility index (Phi) is 5.40. The van der Waals surface area contributed by atoms with E-state index in [1.165, 1.54) is 23.0 Å². The topological polar surface area (TPSA) is 74.8 Å². The van der Waals surface area contributed by atoms with Crippen molar-refractivity contribution < 1.29 is 9.13 Å². The van der Waals surface area contributed by atoms with Gasteiger partial charge < -0.3 is 4.74 Å². The van der Waals surface area contributed by atoms with E-state index in [4.69, 9.17) is 4.74 Å². The first-order chi connectivity index (χ1) is 16.0. The molecular formula is C25H20FN5O2. The number of aromatic nitrogens is 5. The van der Waals surface area contributed by atoms with Gasteiger partial charge in [0.15, 0.2) is 0 Å². The van der Waals surface area contributed by atoms with Crippen LogP contribution in [0, 0.1) is 5.82 Å². The summed E-state index contributed by atoms with van der Waals surface area (Å²) in [6.45, 7) is 0.398. The van der Waals surface area contributed by atoms with Gasteiger partial charge in [0.1, 0.15) is 17.3 Å². The highest BCUT2D eigenvalue weighted by atomic mass is 19.1. The first-order valence-electron chi connectivity index (χ1n) is 10.4. The van der Waals surface area contributed by atoms with E-state index in [0.29, 0.717) is 35.4 Å². The quantitative estimate of drug-likeness (QED) is 0.391. The van der Waals surface area contributed by atoms with Gasteiger partial charge in [0, 0.05) is 37.6 Å². The third kappa shape index (κ3) is 4.50. The van der Waals surface area contributed by atoms with Gasteiger partial charge in [0.2, 0.25) is 0 Å². The summed E-state index contributed by atoms with van der Waals surface area (Å²) < 4.78 is 22.7. The minimum absolute atomic E-state index is 0.173. The Morgan fingerprint density at radius 1 is 1.03 bits per heavy atom. The zero-order valence-electron chi connectivity index (χ0n) is 17.9. The molecular weight excluding hydrogens is 421 g/mol. The third-order valence-corrected chi connectivity index (χ3v) is 5.29. The highest BCUT2D eigenvalue weighted by Gasteiger charge is 2.09. The molecule has 0 N–H and O–H groups in total. The van der Waals surface area contributed by atoms with Crippen molar-refractivity contribution in [2.45, 2.75) is 13.0 Å². The van der Waals surface area contributed by atoms with Crippen molar-refractivity contribution in [3.05, 3.63) is 101 Å². The van der Waals surface area contributed by atoms with Crippen molar-refractivity contribution in [3.63, 3.8) is 0 Å². The Bertz CT molecular complexity index is 1510. The summed E-state index contributed by atoms with van der Waals surface area (Å²) in [6.07, 6.45) is 7.32. The van der Waals surface area contributed by atoms with Crippen LogP contribution in [0.25, 0.3) is 22.2 Å². The fraction of sp³-hybridized carbons (Fsp3) is 0.120. The SMILES string of the molecule is Cn1cc(-c2cc(Oc3ccc4ncn(CCc5cccc(F)c5)c(=O)c4c3)ccn2)cn1. The molecule has 8 heteroatoms. The summed E-state index contributed by atoms with van der Waals surface area (Å²) in [5.74, 6) is 0.826. The number of benzene rings is 2. The van der Waals surface area contributed by atoms with Crippen LogP contribution in [0.3, 0.4) is 0 Å². The van der Waals surface area contributed by atoms with E-state index in [2.05, 4.69) is 15.1 Å². The smallest absolute Gasteiger partial charge is 0.261 e. The van der Waals surface area contributed by atoms with Crippen LogP contribution in [0.5, 0.6) is 11.5 Å². The van der Waals surface area contributed by atoms with Gasteiger partial charge in [-0.15, -0.1) is 0 Å². The number of aryl methyl sites for hydroxylation is 3. The van der Waals surface area contributed by atoms with E-state index in [1.807, 2.05) is 25.4 Å². The fourth-order valence-electron chi connectivity index (χ4n) is 3.62. The Morgan fingerprint density at radius 3 is 2.73 bits per heavy atom. The van der Waals surface area contributed by atoms with Crippen molar-refractivity contribution in [1.29, 1.82) is 0 Å². The molecule has 0 aliphatic carbocycles. The molecule has 0 unspecified atom stereocenters. The molecule has 33 heavy (non-hydrogen) atoms. The molecule has 3 heterocycles. The third-order valence-electron chi connectivity index (χ3n) is 5.29. The molecule has 0 bridgehead atoms. The van der Waals surface area contributed by atoms with Crippen LogP contribution < -0.4 is 10.3 Å². The Balaban J connectivity index is 1.40. The summed E-state index contributed by atoms with van der Waals surface area (Å²) in [6, 6.07) is 15.2. The molecule has 0 atom stereocenters. The first kappa shape index (κ1) is 20.6. The molecule has 5 rings (SSSR count). The van der Waals surface area contributed by atoms with Crippen molar-refractivity contribution in [3.8, 4) is 22.8 Å². The molecule has 3 aromatic heterocycles. The fourth-order valence-corrected chi connectivity index (χ4v) is 3.62. The molecule has 0 amide bonds. The molecule has 5 aromatic rings. The number of halogens is 1. The average Bonchev–Trinajstić information content (AvgIpc) is 3.26. The minimum Gasteiger partial charge on any atom is -0.457 e. The van der Waals surface area contributed by atoms with Crippen LogP contribution in [-0.4, -0.2) is 24.3 Å². The van der Waals surface area contributed by atoms with Crippen LogP contribution >= 0.6 is 0 Å². The largest absolute Gasteiger partial charge is 0.457 e. The number of hydrogen-bond acceptors (Lipinski definition) is 5. The average molecular weight is 441 g/mol. The van der Waals surface area contributed by atoms with Crippen LogP contribution in [0.1, 0.15) is 5.56 Å². The molecule has 2 aromatic carbocycles. The lowest BCUT2D eigenvalue weighted by molar-refractivity contribution is 0.483. The van der Waals surface area contributed by atoms with Gasteiger partial charge in [0.05, 0.1) is 29.1 Å². The summed E-state index contributed by atoms with van der Waals surface area (Å²) in [5.41, 5.74) is 2.85. The summed E-state index contributed by atoms with van der Waals surface area (Å²) >= 11 is 0. The predicted octanol–water partition coefficient (Wildman–Crippen LogP) is 4.37. The van der Waals surface area contributed by atoms with E-state index in [-0.39, 0.29) is 11.4 Å². The van der Waals surface area contributed by atoms with Crippen molar-refractivity contribution >= 4 is 10.9 Å². The molecule has 7 nitrogen and oxygen atoms in total. The van der Waals surface area contributed by atoms with Crippen LogP contribution in [-0.2, 0) is 20.0 Å². The molecule has 0 saturated heterocycles. The second-order valence-corrected chi connectivity index (χ2v) is 7.68. The van der Waals surface area contributed by atoms with Crippen LogP contribution in [0.2, 0.25) is 0 Å². The molecule has 0 aliphatic rings. The number of ether oxygens (including phenoxy) is 1. The van der Waals surface area contributed by atoms with Gasteiger partial charge in [-0.3, -0.25) is 19.0 Å². The van der Waals surface area contributed by atoms with Gasteiger partial charge >= 0.3 is 0 Å². The Hall–Kier alpha value is -4.33. The Labute approximate surface area is 188 Å².